The van der Waals surface area contributed by atoms with Gasteiger partial charge in [0, 0.05) is 25.0 Å². The molecule has 2 aromatic rings. The Balaban J connectivity index is 1.83. The lowest BCUT2D eigenvalue weighted by atomic mass is 10.0. The van der Waals surface area contributed by atoms with Crippen molar-refractivity contribution in [2.24, 2.45) is 5.92 Å². The quantitative estimate of drug-likeness (QED) is 0.845. The zero-order valence-electron chi connectivity index (χ0n) is 13.0. The first-order valence-electron chi connectivity index (χ1n) is 8.10. The van der Waals surface area contributed by atoms with E-state index in [1.54, 1.807) is 0 Å². The molecule has 21 heavy (non-hydrogen) atoms. The smallest absolute Gasteiger partial charge is 0.180 e. The summed E-state index contributed by atoms with van der Waals surface area (Å²) in [4.78, 5) is 9.14. The summed E-state index contributed by atoms with van der Waals surface area (Å²) >= 11 is 0. The van der Waals surface area contributed by atoms with Crippen molar-refractivity contribution in [3.8, 4) is 0 Å². The molecule has 5 nitrogen and oxygen atoms in total. The van der Waals surface area contributed by atoms with Crippen molar-refractivity contribution in [1.29, 1.82) is 0 Å². The van der Waals surface area contributed by atoms with Crippen molar-refractivity contribution < 1.29 is 0 Å². The van der Waals surface area contributed by atoms with E-state index in [0.29, 0.717) is 6.04 Å². The van der Waals surface area contributed by atoms with Gasteiger partial charge in [0.15, 0.2) is 11.5 Å². The summed E-state index contributed by atoms with van der Waals surface area (Å²) in [5, 5.41) is 6.92. The Bertz CT molecular complexity index is 591. The Morgan fingerprint density at radius 2 is 2.19 bits per heavy atom. The van der Waals surface area contributed by atoms with Crippen molar-refractivity contribution in [1.82, 2.24) is 14.4 Å². The van der Waals surface area contributed by atoms with E-state index in [1.807, 2.05) is 23.0 Å². The summed E-state index contributed by atoms with van der Waals surface area (Å²) in [6.07, 6.45) is 12.2. The summed E-state index contributed by atoms with van der Waals surface area (Å²) in [6, 6.07) is 0.514. The van der Waals surface area contributed by atoms with E-state index in [1.165, 1.54) is 32.1 Å². The van der Waals surface area contributed by atoms with Crippen LogP contribution in [0.4, 0.5) is 11.6 Å². The first-order valence-corrected chi connectivity index (χ1v) is 8.10. The minimum Gasteiger partial charge on any atom is -0.369 e. The molecule has 2 unspecified atom stereocenters. The number of aromatic nitrogens is 3. The maximum absolute atomic E-state index is 4.70. The third-order valence-electron chi connectivity index (χ3n) is 4.33. The van der Waals surface area contributed by atoms with Gasteiger partial charge in [-0.05, 0) is 32.1 Å². The summed E-state index contributed by atoms with van der Waals surface area (Å²) in [7, 11) is 0. The molecule has 3 rings (SSSR count). The Kier molecular flexibility index (Phi) is 4.27. The van der Waals surface area contributed by atoms with E-state index in [0.717, 1.165) is 29.7 Å². The number of anilines is 2. The summed E-state index contributed by atoms with van der Waals surface area (Å²) in [6.45, 7) is 5.31. The van der Waals surface area contributed by atoms with Gasteiger partial charge in [-0.25, -0.2) is 9.97 Å². The van der Waals surface area contributed by atoms with E-state index in [4.69, 9.17) is 4.98 Å². The zero-order valence-corrected chi connectivity index (χ0v) is 13.0. The van der Waals surface area contributed by atoms with Gasteiger partial charge in [0.2, 0.25) is 0 Å². The molecule has 1 saturated carbocycles. The number of nitrogens with zero attached hydrogens (tertiary/aromatic N) is 3. The lowest BCUT2D eigenvalue weighted by Crippen LogP contribution is -2.20. The number of hydrogen-bond acceptors (Lipinski definition) is 4. The average Bonchev–Trinajstić information content (AvgIpc) is 2.84. The third kappa shape index (κ3) is 3.28. The molecular formula is C16H25N5. The van der Waals surface area contributed by atoms with E-state index in [9.17, 15) is 0 Å². The first-order chi connectivity index (χ1) is 10.3. The van der Waals surface area contributed by atoms with Crippen LogP contribution in [0.25, 0.3) is 5.65 Å². The summed E-state index contributed by atoms with van der Waals surface area (Å²) in [5.74, 6) is 2.65. The van der Waals surface area contributed by atoms with Crippen LogP contribution in [0.15, 0.2) is 18.6 Å². The summed E-state index contributed by atoms with van der Waals surface area (Å²) in [5.41, 5.74) is 0.911. The van der Waals surface area contributed by atoms with E-state index in [-0.39, 0.29) is 0 Å². The third-order valence-corrected chi connectivity index (χ3v) is 4.33. The van der Waals surface area contributed by atoms with E-state index >= 15 is 0 Å². The van der Waals surface area contributed by atoms with Crippen LogP contribution < -0.4 is 10.6 Å². The van der Waals surface area contributed by atoms with Gasteiger partial charge in [-0.2, -0.15) is 0 Å². The molecular weight excluding hydrogens is 262 g/mol. The molecule has 2 atom stereocenters. The van der Waals surface area contributed by atoms with Crippen molar-refractivity contribution in [3.63, 3.8) is 0 Å². The van der Waals surface area contributed by atoms with Crippen LogP contribution in [0.1, 0.15) is 46.0 Å². The maximum atomic E-state index is 4.70. The highest BCUT2D eigenvalue weighted by Gasteiger charge is 2.18. The largest absolute Gasteiger partial charge is 0.369 e. The van der Waals surface area contributed by atoms with Crippen molar-refractivity contribution in [2.75, 3.05) is 17.2 Å². The second kappa shape index (κ2) is 6.33. The maximum Gasteiger partial charge on any atom is 0.180 e. The molecule has 0 bridgehead atoms. The fourth-order valence-electron chi connectivity index (χ4n) is 3.12. The molecule has 0 radical (unpaired) electrons. The van der Waals surface area contributed by atoms with Gasteiger partial charge in [0.05, 0.1) is 6.20 Å². The topological polar surface area (TPSA) is 54.2 Å². The van der Waals surface area contributed by atoms with Gasteiger partial charge < -0.3 is 15.0 Å². The molecule has 5 heteroatoms. The number of hydrogen-bond donors (Lipinski definition) is 2. The Hall–Kier alpha value is -1.78. The predicted molar refractivity (Wildman–Crippen MR) is 86.8 cm³/mol. The lowest BCUT2D eigenvalue weighted by Gasteiger charge is -2.18. The molecule has 2 N–H and O–H groups in total. The second-order valence-corrected chi connectivity index (χ2v) is 6.12. The molecule has 0 spiro atoms. The minimum absolute atomic E-state index is 0.514. The Morgan fingerprint density at radius 3 is 3.05 bits per heavy atom. The fourth-order valence-corrected chi connectivity index (χ4v) is 3.12. The molecule has 1 fully saturated rings. The van der Waals surface area contributed by atoms with Crippen LogP contribution in [-0.2, 0) is 0 Å². The SMILES string of the molecule is CCNc1cn2ccnc2c(NC2CCCC(C)CC2)n1. The molecule has 114 valence electrons. The summed E-state index contributed by atoms with van der Waals surface area (Å²) < 4.78 is 2.03. The number of rotatable bonds is 4. The van der Waals surface area contributed by atoms with Crippen LogP contribution in [0.5, 0.6) is 0 Å². The monoisotopic (exact) mass is 287 g/mol. The molecule has 1 aliphatic carbocycles. The van der Waals surface area contributed by atoms with Gasteiger partial charge in [0.1, 0.15) is 5.82 Å². The highest BCUT2D eigenvalue weighted by atomic mass is 15.1. The van der Waals surface area contributed by atoms with Crippen molar-refractivity contribution in [2.45, 2.75) is 52.0 Å². The fraction of sp³-hybridized carbons (Fsp3) is 0.625. The van der Waals surface area contributed by atoms with Gasteiger partial charge in [-0.1, -0.05) is 19.8 Å². The molecule has 0 saturated heterocycles. The van der Waals surface area contributed by atoms with Gasteiger partial charge in [-0.15, -0.1) is 0 Å². The number of imidazole rings is 1. The second-order valence-electron chi connectivity index (χ2n) is 6.12. The first kappa shape index (κ1) is 14.2. The highest BCUT2D eigenvalue weighted by Crippen LogP contribution is 2.26. The predicted octanol–water partition coefficient (Wildman–Crippen LogP) is 3.54. The minimum atomic E-state index is 0.514. The normalized spacial score (nSPS) is 23.0. The number of nitrogens with one attached hydrogen (secondary N) is 2. The van der Waals surface area contributed by atoms with Gasteiger partial charge in [0.25, 0.3) is 0 Å². The number of fused-ring (bicyclic) bond motifs is 1. The van der Waals surface area contributed by atoms with Crippen LogP contribution >= 0.6 is 0 Å². The lowest BCUT2D eigenvalue weighted by molar-refractivity contribution is 0.502. The van der Waals surface area contributed by atoms with Crippen LogP contribution in [0.3, 0.4) is 0 Å². The molecule has 2 heterocycles. The van der Waals surface area contributed by atoms with Gasteiger partial charge in [-0.3, -0.25) is 0 Å². The van der Waals surface area contributed by atoms with Crippen LogP contribution in [0.2, 0.25) is 0 Å². The standard InChI is InChI=1S/C16H25N5/c1-3-17-14-11-21-10-9-18-16(21)15(20-14)19-13-6-4-5-12(2)7-8-13/h9-13,17H,3-8H2,1-2H3,(H,19,20). The molecule has 1 aliphatic rings. The van der Waals surface area contributed by atoms with Crippen molar-refractivity contribution >= 4 is 17.3 Å². The molecule has 0 aliphatic heterocycles. The molecule has 2 aromatic heterocycles. The van der Waals surface area contributed by atoms with Gasteiger partial charge >= 0.3 is 0 Å². The Morgan fingerprint density at radius 1 is 1.29 bits per heavy atom. The highest BCUT2D eigenvalue weighted by molar-refractivity contribution is 5.65. The average molecular weight is 287 g/mol. The molecule has 0 amide bonds. The van der Waals surface area contributed by atoms with Crippen LogP contribution in [-0.4, -0.2) is 27.0 Å². The Labute approximate surface area is 126 Å². The van der Waals surface area contributed by atoms with Crippen LogP contribution in [0, 0.1) is 5.92 Å². The van der Waals surface area contributed by atoms with E-state index < -0.39 is 0 Å². The zero-order chi connectivity index (χ0) is 14.7. The molecule has 0 aromatic carbocycles. The van der Waals surface area contributed by atoms with E-state index in [2.05, 4.69) is 29.5 Å². The van der Waals surface area contributed by atoms with Crippen molar-refractivity contribution in [3.05, 3.63) is 18.6 Å².